The molecule has 0 amide bonds. The molecule has 1 fully saturated rings. The Morgan fingerprint density at radius 3 is 2.80 bits per heavy atom. The first-order valence-corrected chi connectivity index (χ1v) is 5.41. The van der Waals surface area contributed by atoms with E-state index in [2.05, 4.69) is 34.0 Å². The molecule has 4 heteroatoms. The summed E-state index contributed by atoms with van der Waals surface area (Å²) in [7, 11) is 1.86. The summed E-state index contributed by atoms with van der Waals surface area (Å²) < 4.78 is 0. The normalized spacial score (nSPS) is 19.3. The molecule has 0 saturated carbocycles. The maximum absolute atomic E-state index is 4.52. The first-order chi connectivity index (χ1) is 7.13. The minimum Gasteiger partial charge on any atom is -0.372 e. The van der Waals surface area contributed by atoms with Crippen LogP contribution in [0.2, 0.25) is 0 Å². The smallest absolute Gasteiger partial charge is 0.149 e. The van der Waals surface area contributed by atoms with E-state index in [4.69, 9.17) is 0 Å². The standard InChI is InChI=1S/C11H18N4/c1-11(2)5-4-6-15(11)10-8-13-7-9(12-3)14-10/h7-8H,4-6H2,1-3H3,(H,12,14). The summed E-state index contributed by atoms with van der Waals surface area (Å²) >= 11 is 0. The lowest BCUT2D eigenvalue weighted by Gasteiger charge is -2.32. The molecule has 2 heterocycles. The summed E-state index contributed by atoms with van der Waals surface area (Å²) in [5, 5.41) is 3.02. The molecule has 1 aliphatic heterocycles. The van der Waals surface area contributed by atoms with Crippen molar-refractivity contribution in [2.24, 2.45) is 0 Å². The minimum atomic E-state index is 0.209. The molecule has 0 bridgehead atoms. The Bertz CT molecular complexity index is 348. The number of hydrogen-bond acceptors (Lipinski definition) is 4. The fourth-order valence-electron chi connectivity index (χ4n) is 2.14. The Balaban J connectivity index is 2.29. The topological polar surface area (TPSA) is 41.1 Å². The Labute approximate surface area is 90.7 Å². The summed E-state index contributed by atoms with van der Waals surface area (Å²) in [6.07, 6.45) is 6.04. The van der Waals surface area contributed by atoms with Crippen molar-refractivity contribution >= 4 is 11.6 Å². The Morgan fingerprint density at radius 2 is 2.20 bits per heavy atom. The summed E-state index contributed by atoms with van der Waals surface area (Å²) in [6, 6.07) is 0. The van der Waals surface area contributed by atoms with Gasteiger partial charge >= 0.3 is 0 Å². The van der Waals surface area contributed by atoms with Crippen LogP contribution < -0.4 is 10.2 Å². The van der Waals surface area contributed by atoms with Crippen LogP contribution in [-0.2, 0) is 0 Å². The van der Waals surface area contributed by atoms with Crippen molar-refractivity contribution in [1.82, 2.24) is 9.97 Å². The fourth-order valence-corrected chi connectivity index (χ4v) is 2.14. The van der Waals surface area contributed by atoms with E-state index in [0.29, 0.717) is 0 Å². The lowest BCUT2D eigenvalue weighted by Crippen LogP contribution is -2.38. The van der Waals surface area contributed by atoms with Crippen LogP contribution in [0.1, 0.15) is 26.7 Å². The SMILES string of the molecule is CNc1cncc(N2CCCC2(C)C)n1. The van der Waals surface area contributed by atoms with Crippen molar-refractivity contribution in [3.05, 3.63) is 12.4 Å². The number of rotatable bonds is 2. The molecule has 4 nitrogen and oxygen atoms in total. The van der Waals surface area contributed by atoms with Gasteiger partial charge < -0.3 is 10.2 Å². The maximum atomic E-state index is 4.52. The molecule has 0 aromatic carbocycles. The second-order valence-electron chi connectivity index (χ2n) is 4.58. The van der Waals surface area contributed by atoms with Gasteiger partial charge in [-0.05, 0) is 26.7 Å². The zero-order valence-corrected chi connectivity index (χ0v) is 9.62. The van der Waals surface area contributed by atoms with Crippen LogP contribution in [0.4, 0.5) is 11.6 Å². The van der Waals surface area contributed by atoms with E-state index in [1.165, 1.54) is 12.8 Å². The summed E-state index contributed by atoms with van der Waals surface area (Å²) in [4.78, 5) is 11.1. The van der Waals surface area contributed by atoms with E-state index in [1.807, 2.05) is 13.2 Å². The third-order valence-electron chi connectivity index (χ3n) is 3.06. The van der Waals surface area contributed by atoms with Gasteiger partial charge in [-0.25, -0.2) is 4.98 Å². The van der Waals surface area contributed by atoms with Gasteiger partial charge in [0.25, 0.3) is 0 Å². The Morgan fingerprint density at radius 1 is 1.40 bits per heavy atom. The van der Waals surface area contributed by atoms with Crippen molar-refractivity contribution in [2.45, 2.75) is 32.2 Å². The van der Waals surface area contributed by atoms with Crippen molar-refractivity contribution in [3.63, 3.8) is 0 Å². The summed E-state index contributed by atoms with van der Waals surface area (Å²) in [6.45, 7) is 5.59. The molecule has 0 atom stereocenters. The van der Waals surface area contributed by atoms with Gasteiger partial charge in [-0.3, -0.25) is 4.98 Å². The van der Waals surface area contributed by atoms with Crippen LogP contribution in [0.3, 0.4) is 0 Å². The molecule has 82 valence electrons. The van der Waals surface area contributed by atoms with Gasteiger partial charge in [0.15, 0.2) is 0 Å². The third-order valence-corrected chi connectivity index (χ3v) is 3.06. The first kappa shape index (κ1) is 10.2. The van der Waals surface area contributed by atoms with E-state index in [1.54, 1.807) is 6.20 Å². The number of aromatic nitrogens is 2. The Kier molecular flexibility index (Phi) is 2.50. The molecular formula is C11H18N4. The highest BCUT2D eigenvalue weighted by Gasteiger charge is 2.32. The van der Waals surface area contributed by atoms with Gasteiger partial charge in [-0.1, -0.05) is 0 Å². The molecular weight excluding hydrogens is 188 g/mol. The quantitative estimate of drug-likeness (QED) is 0.802. The van der Waals surface area contributed by atoms with Gasteiger partial charge in [0, 0.05) is 19.1 Å². The molecule has 2 rings (SSSR count). The van der Waals surface area contributed by atoms with E-state index in [9.17, 15) is 0 Å². The van der Waals surface area contributed by atoms with Crippen LogP contribution in [0.25, 0.3) is 0 Å². The zero-order chi connectivity index (χ0) is 10.9. The van der Waals surface area contributed by atoms with E-state index in [0.717, 1.165) is 18.2 Å². The molecule has 15 heavy (non-hydrogen) atoms. The van der Waals surface area contributed by atoms with Gasteiger partial charge in [0.05, 0.1) is 12.4 Å². The Hall–Kier alpha value is -1.32. The largest absolute Gasteiger partial charge is 0.372 e. The lowest BCUT2D eigenvalue weighted by atomic mass is 10.0. The molecule has 0 unspecified atom stereocenters. The van der Waals surface area contributed by atoms with Gasteiger partial charge in [0.2, 0.25) is 0 Å². The van der Waals surface area contributed by atoms with Gasteiger partial charge in [-0.2, -0.15) is 0 Å². The predicted octanol–water partition coefficient (Wildman–Crippen LogP) is 1.90. The average molecular weight is 206 g/mol. The fraction of sp³-hybridized carbons (Fsp3) is 0.636. The lowest BCUT2D eigenvalue weighted by molar-refractivity contribution is 0.514. The van der Waals surface area contributed by atoms with E-state index < -0.39 is 0 Å². The van der Waals surface area contributed by atoms with Crippen LogP contribution >= 0.6 is 0 Å². The van der Waals surface area contributed by atoms with Crippen molar-refractivity contribution in [1.29, 1.82) is 0 Å². The maximum Gasteiger partial charge on any atom is 0.149 e. The van der Waals surface area contributed by atoms with Crippen LogP contribution in [-0.4, -0.2) is 29.1 Å². The van der Waals surface area contributed by atoms with E-state index in [-0.39, 0.29) is 5.54 Å². The molecule has 1 aromatic rings. The van der Waals surface area contributed by atoms with Crippen molar-refractivity contribution in [3.8, 4) is 0 Å². The molecule has 1 N–H and O–H groups in total. The molecule has 1 saturated heterocycles. The number of anilines is 2. The first-order valence-electron chi connectivity index (χ1n) is 5.41. The number of hydrogen-bond donors (Lipinski definition) is 1. The molecule has 1 aromatic heterocycles. The monoisotopic (exact) mass is 206 g/mol. The number of nitrogens with one attached hydrogen (secondary N) is 1. The predicted molar refractivity (Wildman–Crippen MR) is 62.2 cm³/mol. The van der Waals surface area contributed by atoms with E-state index >= 15 is 0 Å². The molecule has 0 spiro atoms. The van der Waals surface area contributed by atoms with Crippen molar-refractivity contribution in [2.75, 3.05) is 23.8 Å². The zero-order valence-electron chi connectivity index (χ0n) is 9.62. The third kappa shape index (κ3) is 1.89. The van der Waals surface area contributed by atoms with Crippen molar-refractivity contribution < 1.29 is 0 Å². The van der Waals surface area contributed by atoms with Crippen LogP contribution in [0.15, 0.2) is 12.4 Å². The van der Waals surface area contributed by atoms with Crippen LogP contribution in [0.5, 0.6) is 0 Å². The van der Waals surface area contributed by atoms with Gasteiger partial charge in [0.1, 0.15) is 11.6 Å². The minimum absolute atomic E-state index is 0.209. The highest BCUT2D eigenvalue weighted by atomic mass is 15.3. The second kappa shape index (κ2) is 3.68. The highest BCUT2D eigenvalue weighted by molar-refractivity contribution is 5.46. The molecule has 0 radical (unpaired) electrons. The second-order valence-corrected chi connectivity index (χ2v) is 4.58. The molecule has 0 aliphatic carbocycles. The number of nitrogens with zero attached hydrogens (tertiary/aromatic N) is 3. The summed E-state index contributed by atoms with van der Waals surface area (Å²) in [5.74, 6) is 1.81. The van der Waals surface area contributed by atoms with Crippen LogP contribution in [0, 0.1) is 0 Å². The van der Waals surface area contributed by atoms with Gasteiger partial charge in [-0.15, -0.1) is 0 Å². The average Bonchev–Trinajstić information content (AvgIpc) is 2.58. The molecule has 1 aliphatic rings. The highest BCUT2D eigenvalue weighted by Crippen LogP contribution is 2.32. The summed E-state index contributed by atoms with van der Waals surface area (Å²) in [5.41, 5.74) is 0.209.